The molecule has 0 aromatic heterocycles. The maximum Gasteiger partial charge on any atom is 0.0600 e. The molecule has 0 radical (unpaired) electrons. The third kappa shape index (κ3) is 3.40. The van der Waals surface area contributed by atoms with Gasteiger partial charge in [0.05, 0.1) is 14.8 Å². The second kappa shape index (κ2) is 6.16. The lowest BCUT2D eigenvalue weighted by molar-refractivity contribution is 0.356. The van der Waals surface area contributed by atoms with E-state index in [4.69, 9.17) is 4.52 Å². The van der Waals surface area contributed by atoms with Gasteiger partial charge in [0.15, 0.2) is 0 Å². The number of hydrogen-bond acceptors (Lipinski definition) is 1. The smallest absolute Gasteiger partial charge is 0.0600 e. The lowest BCUT2D eigenvalue weighted by Crippen LogP contribution is -2.05. The van der Waals surface area contributed by atoms with Crippen LogP contribution in [0, 0.1) is 6.92 Å². The van der Waals surface area contributed by atoms with Crippen molar-refractivity contribution in [2.45, 2.75) is 27.2 Å². The standard InChI is InChI=1S/C12H19OP/c1-4-10-13-14(5-2)12-8-6-11(3)7-9-12/h6-9H,4-5,10H2,1-3H3. The number of hydrogen-bond donors (Lipinski definition) is 0. The first kappa shape index (κ1) is 11.7. The second-order valence-electron chi connectivity index (χ2n) is 3.36. The zero-order chi connectivity index (χ0) is 10.4. The quantitative estimate of drug-likeness (QED) is 0.676. The minimum Gasteiger partial charge on any atom is -0.354 e. The van der Waals surface area contributed by atoms with Gasteiger partial charge in [-0.05, 0) is 19.5 Å². The average molecular weight is 210 g/mol. The lowest BCUT2D eigenvalue weighted by atomic mass is 10.2. The van der Waals surface area contributed by atoms with Crippen molar-refractivity contribution in [3.63, 3.8) is 0 Å². The van der Waals surface area contributed by atoms with Crippen LogP contribution in [0.2, 0.25) is 0 Å². The first-order chi connectivity index (χ1) is 6.77. The molecule has 78 valence electrons. The van der Waals surface area contributed by atoms with Gasteiger partial charge in [-0.1, -0.05) is 43.7 Å². The SMILES string of the molecule is CCCOP(CC)c1ccc(C)cc1. The molecule has 0 heterocycles. The zero-order valence-electron chi connectivity index (χ0n) is 9.29. The third-order valence-electron chi connectivity index (χ3n) is 2.06. The van der Waals surface area contributed by atoms with E-state index in [0.29, 0.717) is 0 Å². The molecule has 0 amide bonds. The summed E-state index contributed by atoms with van der Waals surface area (Å²) in [6.45, 7) is 7.35. The van der Waals surface area contributed by atoms with E-state index in [1.807, 2.05) is 0 Å². The summed E-state index contributed by atoms with van der Waals surface area (Å²) in [5, 5.41) is 1.36. The van der Waals surface area contributed by atoms with Crippen LogP contribution >= 0.6 is 8.15 Å². The van der Waals surface area contributed by atoms with E-state index in [9.17, 15) is 0 Å². The van der Waals surface area contributed by atoms with Crippen molar-refractivity contribution in [3.8, 4) is 0 Å². The van der Waals surface area contributed by atoms with Crippen molar-refractivity contribution < 1.29 is 4.52 Å². The van der Waals surface area contributed by atoms with Crippen molar-refractivity contribution in [2.24, 2.45) is 0 Å². The highest BCUT2D eigenvalue weighted by molar-refractivity contribution is 7.60. The molecule has 0 N–H and O–H groups in total. The molecule has 2 heteroatoms. The highest BCUT2D eigenvalue weighted by atomic mass is 31.1. The third-order valence-corrected chi connectivity index (χ3v) is 4.00. The van der Waals surface area contributed by atoms with Crippen LogP contribution in [0.25, 0.3) is 0 Å². The predicted octanol–water partition coefficient (Wildman–Crippen LogP) is 3.46. The van der Waals surface area contributed by atoms with Crippen LogP contribution < -0.4 is 5.30 Å². The molecule has 1 nitrogen and oxygen atoms in total. The summed E-state index contributed by atoms with van der Waals surface area (Å²) in [6.07, 6.45) is 2.21. The van der Waals surface area contributed by atoms with Gasteiger partial charge in [0.1, 0.15) is 0 Å². The van der Waals surface area contributed by atoms with Crippen molar-refractivity contribution in [3.05, 3.63) is 29.8 Å². The first-order valence-electron chi connectivity index (χ1n) is 5.25. The van der Waals surface area contributed by atoms with E-state index >= 15 is 0 Å². The summed E-state index contributed by atoms with van der Waals surface area (Å²) in [5.41, 5.74) is 1.32. The Labute approximate surface area is 88.3 Å². The van der Waals surface area contributed by atoms with Crippen molar-refractivity contribution >= 4 is 13.5 Å². The lowest BCUT2D eigenvalue weighted by Gasteiger charge is -2.15. The molecule has 14 heavy (non-hydrogen) atoms. The van der Waals surface area contributed by atoms with E-state index in [2.05, 4.69) is 45.0 Å². The van der Waals surface area contributed by atoms with Crippen LogP contribution in [-0.4, -0.2) is 12.8 Å². The Bertz CT molecular complexity index is 256. The Hall–Kier alpha value is -0.390. The molecule has 0 saturated carbocycles. The van der Waals surface area contributed by atoms with Crippen molar-refractivity contribution in [1.82, 2.24) is 0 Å². The molecule has 1 rings (SSSR count). The summed E-state index contributed by atoms with van der Waals surface area (Å²) < 4.78 is 5.83. The summed E-state index contributed by atoms with van der Waals surface area (Å²) in [5.74, 6) is 0. The van der Waals surface area contributed by atoms with Gasteiger partial charge in [0.25, 0.3) is 0 Å². The molecule has 1 atom stereocenters. The topological polar surface area (TPSA) is 9.23 Å². The van der Waals surface area contributed by atoms with Crippen LogP contribution in [0.5, 0.6) is 0 Å². The zero-order valence-corrected chi connectivity index (χ0v) is 10.2. The van der Waals surface area contributed by atoms with Crippen molar-refractivity contribution in [1.29, 1.82) is 0 Å². The fraction of sp³-hybridized carbons (Fsp3) is 0.500. The molecule has 0 aliphatic carbocycles. The highest BCUT2D eigenvalue weighted by Crippen LogP contribution is 2.35. The van der Waals surface area contributed by atoms with Crippen molar-refractivity contribution in [2.75, 3.05) is 12.8 Å². The minimum atomic E-state index is -0.372. The summed E-state index contributed by atoms with van der Waals surface area (Å²) >= 11 is 0. The Kier molecular flexibility index (Phi) is 5.14. The van der Waals surface area contributed by atoms with E-state index < -0.39 is 0 Å². The summed E-state index contributed by atoms with van der Waals surface area (Å²) in [7, 11) is -0.372. The largest absolute Gasteiger partial charge is 0.354 e. The Morgan fingerprint density at radius 2 is 1.79 bits per heavy atom. The van der Waals surface area contributed by atoms with Gasteiger partial charge in [-0.3, -0.25) is 0 Å². The van der Waals surface area contributed by atoms with E-state index in [1.54, 1.807) is 0 Å². The average Bonchev–Trinajstić information content (AvgIpc) is 2.21. The van der Waals surface area contributed by atoms with Crippen LogP contribution in [0.4, 0.5) is 0 Å². The fourth-order valence-corrected chi connectivity index (χ4v) is 2.84. The van der Waals surface area contributed by atoms with Gasteiger partial charge < -0.3 is 4.52 Å². The van der Waals surface area contributed by atoms with Crippen LogP contribution in [0.1, 0.15) is 25.8 Å². The molecule has 1 aromatic rings. The van der Waals surface area contributed by atoms with Gasteiger partial charge in [-0.25, -0.2) is 0 Å². The van der Waals surface area contributed by atoms with Crippen LogP contribution in [-0.2, 0) is 4.52 Å². The summed E-state index contributed by atoms with van der Waals surface area (Å²) in [6, 6.07) is 8.71. The number of rotatable bonds is 5. The molecule has 0 bridgehead atoms. The molecule has 1 aromatic carbocycles. The van der Waals surface area contributed by atoms with Crippen LogP contribution in [0.3, 0.4) is 0 Å². The Morgan fingerprint density at radius 1 is 1.14 bits per heavy atom. The van der Waals surface area contributed by atoms with Gasteiger partial charge in [-0.2, -0.15) is 0 Å². The number of benzene rings is 1. The van der Waals surface area contributed by atoms with E-state index in [-0.39, 0.29) is 8.15 Å². The molecule has 0 fully saturated rings. The van der Waals surface area contributed by atoms with E-state index in [1.165, 1.54) is 10.9 Å². The molecule has 0 aliphatic rings. The minimum absolute atomic E-state index is 0.372. The molecular formula is C12H19OP. The van der Waals surface area contributed by atoms with Gasteiger partial charge >= 0.3 is 0 Å². The molecule has 0 saturated heterocycles. The monoisotopic (exact) mass is 210 g/mol. The first-order valence-corrected chi connectivity index (χ1v) is 6.69. The molecule has 0 aliphatic heterocycles. The predicted molar refractivity (Wildman–Crippen MR) is 64.5 cm³/mol. The molecular weight excluding hydrogens is 191 g/mol. The fourth-order valence-electron chi connectivity index (χ4n) is 1.26. The maximum absolute atomic E-state index is 5.83. The Morgan fingerprint density at radius 3 is 2.29 bits per heavy atom. The summed E-state index contributed by atoms with van der Waals surface area (Å²) in [4.78, 5) is 0. The maximum atomic E-state index is 5.83. The van der Waals surface area contributed by atoms with Crippen LogP contribution in [0.15, 0.2) is 24.3 Å². The number of aryl methyl sites for hydroxylation is 1. The highest BCUT2D eigenvalue weighted by Gasteiger charge is 2.08. The second-order valence-corrected chi connectivity index (χ2v) is 5.53. The normalized spacial score (nSPS) is 12.8. The Balaban J connectivity index is 2.64. The van der Waals surface area contributed by atoms with Gasteiger partial charge in [-0.15, -0.1) is 0 Å². The van der Waals surface area contributed by atoms with Gasteiger partial charge in [0.2, 0.25) is 0 Å². The van der Waals surface area contributed by atoms with Gasteiger partial charge in [0, 0.05) is 5.30 Å². The molecule has 1 unspecified atom stereocenters. The van der Waals surface area contributed by atoms with E-state index in [0.717, 1.165) is 19.2 Å². The molecule has 0 spiro atoms.